The molecule has 2 aromatic rings. The lowest BCUT2D eigenvalue weighted by Gasteiger charge is -2.02. The summed E-state index contributed by atoms with van der Waals surface area (Å²) in [6, 6.07) is 9.43. The lowest BCUT2D eigenvalue weighted by Crippen LogP contribution is -2.03. The van der Waals surface area contributed by atoms with Gasteiger partial charge in [0.15, 0.2) is 11.5 Å². The van der Waals surface area contributed by atoms with Gasteiger partial charge in [0.05, 0.1) is 12.1 Å². The third-order valence-electron chi connectivity index (χ3n) is 3.56. The number of hydrogen-bond acceptors (Lipinski definition) is 4. The number of carbonyl (C=O) groups excluding carboxylic acids is 1. The van der Waals surface area contributed by atoms with E-state index in [0.717, 1.165) is 32.7 Å². The van der Waals surface area contributed by atoms with Gasteiger partial charge in [0.1, 0.15) is 0 Å². The van der Waals surface area contributed by atoms with E-state index in [1.807, 2.05) is 30.3 Å². The van der Waals surface area contributed by atoms with E-state index in [4.69, 9.17) is 9.47 Å². The minimum absolute atomic E-state index is 0.0228. The number of benzene rings is 2. The molecule has 4 rings (SSSR count). The highest BCUT2D eigenvalue weighted by Gasteiger charge is 2.17. The van der Waals surface area contributed by atoms with E-state index in [2.05, 4.69) is 26.2 Å². The lowest BCUT2D eigenvalue weighted by molar-refractivity contribution is -0.115. The van der Waals surface area contributed by atoms with Gasteiger partial charge in [0.2, 0.25) is 12.7 Å². The number of fused-ring (bicyclic) bond motifs is 2. The summed E-state index contributed by atoms with van der Waals surface area (Å²) >= 11 is 3.50. The monoisotopic (exact) mass is 358 g/mol. The molecule has 2 aliphatic rings. The van der Waals surface area contributed by atoms with Crippen molar-refractivity contribution < 1.29 is 14.3 Å². The molecular formula is C16H11BrN2O3. The minimum atomic E-state index is 0.0228. The maximum absolute atomic E-state index is 11.4. The molecule has 0 unspecified atom stereocenters. The molecule has 0 atom stereocenters. The predicted molar refractivity (Wildman–Crippen MR) is 86.3 cm³/mol. The summed E-state index contributed by atoms with van der Waals surface area (Å²) < 4.78 is 11.6. The molecule has 6 heteroatoms. The number of hydrogen-bond donors (Lipinski definition) is 1. The molecular weight excluding hydrogens is 348 g/mol. The summed E-state index contributed by atoms with van der Waals surface area (Å²) in [5.74, 6) is 1.47. The topological polar surface area (TPSA) is 59.9 Å². The van der Waals surface area contributed by atoms with Crippen LogP contribution in [0.1, 0.15) is 11.1 Å². The van der Waals surface area contributed by atoms with E-state index in [1.165, 1.54) is 0 Å². The smallest absolute Gasteiger partial charge is 0.231 e. The standard InChI is InChI=1S/C16H11BrN2O3/c17-12-6-15-14(21-8-22-15)4-10(12)7-18-11-1-2-13-9(3-11)5-16(20)19-13/h1-4,6-7H,5,8H2,(H,19,20). The number of nitrogens with zero attached hydrogens (tertiary/aromatic N) is 1. The van der Waals surface area contributed by atoms with Gasteiger partial charge in [-0.15, -0.1) is 0 Å². The Morgan fingerprint density at radius 3 is 2.86 bits per heavy atom. The Morgan fingerprint density at radius 2 is 2.00 bits per heavy atom. The molecule has 1 N–H and O–H groups in total. The summed E-state index contributed by atoms with van der Waals surface area (Å²) in [6.07, 6.45) is 2.17. The van der Waals surface area contributed by atoms with Crippen LogP contribution in [0.3, 0.4) is 0 Å². The Labute approximate surface area is 135 Å². The number of aliphatic imine (C=N–C) groups is 1. The van der Waals surface area contributed by atoms with Crippen LogP contribution >= 0.6 is 15.9 Å². The number of carbonyl (C=O) groups is 1. The van der Waals surface area contributed by atoms with Crippen molar-refractivity contribution in [2.45, 2.75) is 6.42 Å². The molecule has 5 nitrogen and oxygen atoms in total. The van der Waals surface area contributed by atoms with E-state index < -0.39 is 0 Å². The van der Waals surface area contributed by atoms with E-state index in [1.54, 1.807) is 6.21 Å². The van der Waals surface area contributed by atoms with Crippen LogP contribution in [0.2, 0.25) is 0 Å². The predicted octanol–water partition coefficient (Wildman–Crippen LogP) is 3.42. The first-order chi connectivity index (χ1) is 10.7. The molecule has 0 radical (unpaired) electrons. The third-order valence-corrected chi connectivity index (χ3v) is 4.25. The Bertz CT molecular complexity index is 817. The maximum atomic E-state index is 11.4. The second-order valence-corrected chi connectivity index (χ2v) is 5.91. The van der Waals surface area contributed by atoms with Crippen LogP contribution in [0.25, 0.3) is 0 Å². The Kier molecular flexibility index (Phi) is 3.11. The highest BCUT2D eigenvalue weighted by molar-refractivity contribution is 9.10. The summed E-state index contributed by atoms with van der Waals surface area (Å²) in [4.78, 5) is 15.8. The van der Waals surface area contributed by atoms with E-state index in [0.29, 0.717) is 12.2 Å². The Balaban J connectivity index is 1.63. The van der Waals surface area contributed by atoms with Crippen molar-refractivity contribution in [1.29, 1.82) is 0 Å². The first kappa shape index (κ1) is 13.3. The van der Waals surface area contributed by atoms with Gasteiger partial charge in [-0.05, 0) is 51.8 Å². The minimum Gasteiger partial charge on any atom is -0.454 e. The fourth-order valence-electron chi connectivity index (χ4n) is 2.47. The fraction of sp³-hybridized carbons (Fsp3) is 0.125. The number of amides is 1. The van der Waals surface area contributed by atoms with Gasteiger partial charge in [0, 0.05) is 21.9 Å². The highest BCUT2D eigenvalue weighted by atomic mass is 79.9. The highest BCUT2D eigenvalue weighted by Crippen LogP contribution is 2.36. The SMILES string of the molecule is O=C1Cc2cc(N=Cc3cc4c(cc3Br)OCO4)ccc2N1. The summed E-state index contributed by atoms with van der Waals surface area (Å²) in [5.41, 5.74) is 3.55. The average Bonchev–Trinajstić information content (AvgIpc) is 3.08. The van der Waals surface area contributed by atoms with Gasteiger partial charge in [-0.1, -0.05) is 0 Å². The van der Waals surface area contributed by atoms with Gasteiger partial charge in [-0.2, -0.15) is 0 Å². The van der Waals surface area contributed by atoms with Crippen LogP contribution < -0.4 is 14.8 Å². The number of nitrogens with one attached hydrogen (secondary N) is 1. The van der Waals surface area contributed by atoms with Crippen LogP contribution in [-0.4, -0.2) is 18.9 Å². The second kappa shape index (κ2) is 5.14. The largest absolute Gasteiger partial charge is 0.454 e. The fourth-order valence-corrected chi connectivity index (χ4v) is 2.90. The molecule has 22 heavy (non-hydrogen) atoms. The zero-order chi connectivity index (χ0) is 15.1. The van der Waals surface area contributed by atoms with Crippen molar-refractivity contribution in [1.82, 2.24) is 0 Å². The maximum Gasteiger partial charge on any atom is 0.231 e. The third kappa shape index (κ3) is 2.35. The molecule has 0 bridgehead atoms. The van der Waals surface area contributed by atoms with E-state index in [-0.39, 0.29) is 12.7 Å². The van der Waals surface area contributed by atoms with Crippen LogP contribution in [0.15, 0.2) is 39.8 Å². The summed E-state index contributed by atoms with van der Waals surface area (Å²) in [7, 11) is 0. The van der Waals surface area contributed by atoms with Crippen LogP contribution in [0.5, 0.6) is 11.5 Å². The van der Waals surface area contributed by atoms with Crippen molar-refractivity contribution >= 4 is 39.4 Å². The van der Waals surface area contributed by atoms with Gasteiger partial charge in [-0.25, -0.2) is 0 Å². The van der Waals surface area contributed by atoms with Crippen LogP contribution in [0.4, 0.5) is 11.4 Å². The van der Waals surface area contributed by atoms with Crippen molar-refractivity contribution in [3.05, 3.63) is 45.9 Å². The molecule has 2 heterocycles. The normalized spacial score (nSPS) is 15.2. The first-order valence-electron chi connectivity index (χ1n) is 6.75. The first-order valence-corrected chi connectivity index (χ1v) is 7.54. The van der Waals surface area contributed by atoms with Crippen molar-refractivity contribution in [3.8, 4) is 11.5 Å². The quantitative estimate of drug-likeness (QED) is 0.836. The lowest BCUT2D eigenvalue weighted by atomic mass is 10.1. The molecule has 2 aromatic carbocycles. The van der Waals surface area contributed by atoms with Gasteiger partial charge in [-0.3, -0.25) is 9.79 Å². The number of anilines is 1. The Morgan fingerprint density at radius 1 is 1.18 bits per heavy atom. The number of rotatable bonds is 2. The van der Waals surface area contributed by atoms with Crippen molar-refractivity contribution in [3.63, 3.8) is 0 Å². The molecule has 2 aliphatic heterocycles. The number of halogens is 1. The van der Waals surface area contributed by atoms with Gasteiger partial charge < -0.3 is 14.8 Å². The van der Waals surface area contributed by atoms with Gasteiger partial charge >= 0.3 is 0 Å². The zero-order valence-electron chi connectivity index (χ0n) is 11.4. The summed E-state index contributed by atoms with van der Waals surface area (Å²) in [5, 5.41) is 2.81. The average molecular weight is 359 g/mol. The van der Waals surface area contributed by atoms with E-state index >= 15 is 0 Å². The van der Waals surface area contributed by atoms with E-state index in [9.17, 15) is 4.79 Å². The molecule has 0 fully saturated rings. The van der Waals surface area contributed by atoms with Crippen molar-refractivity contribution in [2.75, 3.05) is 12.1 Å². The molecule has 0 aromatic heterocycles. The second-order valence-electron chi connectivity index (χ2n) is 5.05. The summed E-state index contributed by atoms with van der Waals surface area (Å²) in [6.45, 7) is 0.244. The molecule has 1 amide bonds. The Hall–Kier alpha value is -2.34. The van der Waals surface area contributed by atoms with Crippen LogP contribution in [-0.2, 0) is 11.2 Å². The molecule has 0 aliphatic carbocycles. The molecule has 0 spiro atoms. The molecule has 0 saturated heterocycles. The zero-order valence-corrected chi connectivity index (χ0v) is 13.0. The molecule has 110 valence electrons. The van der Waals surface area contributed by atoms with Gasteiger partial charge in [0.25, 0.3) is 0 Å². The van der Waals surface area contributed by atoms with Crippen molar-refractivity contribution in [2.24, 2.45) is 4.99 Å². The van der Waals surface area contributed by atoms with Crippen LogP contribution in [0, 0.1) is 0 Å². The number of ether oxygens (including phenoxy) is 2. The molecule has 0 saturated carbocycles.